The number of hydrogen-bond acceptors (Lipinski definition) is 4. The van der Waals surface area contributed by atoms with Crippen molar-refractivity contribution >= 4 is 27.3 Å². The molecule has 1 aliphatic rings. The smallest absolute Gasteiger partial charge is 0.260 e. The summed E-state index contributed by atoms with van der Waals surface area (Å²) in [7, 11) is 0. The SMILES string of the molecule is CCn1ccc2sc(C)c(C(=O)N3CCN(CC(C)C)CC3)c2c1=O. The average molecular weight is 362 g/mol. The molecule has 0 aromatic carbocycles. The first-order valence-electron chi connectivity index (χ1n) is 9.06. The second-order valence-electron chi connectivity index (χ2n) is 7.17. The topological polar surface area (TPSA) is 45.6 Å². The number of piperazine rings is 1. The van der Waals surface area contributed by atoms with Gasteiger partial charge >= 0.3 is 0 Å². The summed E-state index contributed by atoms with van der Waals surface area (Å²) in [6, 6.07) is 1.95. The normalized spacial score (nSPS) is 16.1. The monoisotopic (exact) mass is 361 g/mol. The Morgan fingerprint density at radius 3 is 2.52 bits per heavy atom. The molecule has 1 saturated heterocycles. The average Bonchev–Trinajstić information content (AvgIpc) is 2.91. The number of carbonyl (C=O) groups is 1. The zero-order chi connectivity index (χ0) is 18.1. The number of thiophene rings is 1. The van der Waals surface area contributed by atoms with Crippen LogP contribution in [0.4, 0.5) is 0 Å². The van der Waals surface area contributed by atoms with Gasteiger partial charge in [-0.3, -0.25) is 14.5 Å². The molecule has 0 bridgehead atoms. The summed E-state index contributed by atoms with van der Waals surface area (Å²) in [4.78, 5) is 31.2. The van der Waals surface area contributed by atoms with Crippen molar-refractivity contribution < 1.29 is 4.79 Å². The summed E-state index contributed by atoms with van der Waals surface area (Å²) in [5.74, 6) is 0.650. The molecule has 2 aromatic heterocycles. The quantitative estimate of drug-likeness (QED) is 0.841. The predicted octanol–water partition coefficient (Wildman–Crippen LogP) is 2.81. The van der Waals surface area contributed by atoms with Gasteiger partial charge in [0.25, 0.3) is 11.5 Å². The Morgan fingerprint density at radius 2 is 1.92 bits per heavy atom. The fraction of sp³-hybridized carbons (Fsp3) is 0.579. The molecule has 25 heavy (non-hydrogen) atoms. The molecule has 0 atom stereocenters. The van der Waals surface area contributed by atoms with Gasteiger partial charge < -0.3 is 9.47 Å². The first kappa shape index (κ1) is 18.1. The Labute approximate surface area is 152 Å². The maximum atomic E-state index is 13.1. The number of aromatic nitrogens is 1. The van der Waals surface area contributed by atoms with Crippen molar-refractivity contribution in [2.45, 2.75) is 34.2 Å². The van der Waals surface area contributed by atoms with Gasteiger partial charge in [-0.15, -0.1) is 11.3 Å². The first-order valence-corrected chi connectivity index (χ1v) is 9.88. The van der Waals surface area contributed by atoms with E-state index in [-0.39, 0.29) is 11.5 Å². The number of carbonyl (C=O) groups excluding carboxylic acids is 1. The molecule has 0 N–H and O–H groups in total. The fourth-order valence-electron chi connectivity index (χ4n) is 3.58. The van der Waals surface area contributed by atoms with Crippen molar-refractivity contribution in [2.24, 2.45) is 5.92 Å². The van der Waals surface area contributed by atoms with Gasteiger partial charge in [0, 0.05) is 55.0 Å². The van der Waals surface area contributed by atoms with Crippen LogP contribution in [0.1, 0.15) is 36.0 Å². The van der Waals surface area contributed by atoms with Crippen LogP contribution >= 0.6 is 11.3 Å². The van der Waals surface area contributed by atoms with Crippen LogP contribution in [0.2, 0.25) is 0 Å². The zero-order valence-corrected chi connectivity index (χ0v) is 16.4. The van der Waals surface area contributed by atoms with Gasteiger partial charge in [0.2, 0.25) is 0 Å². The van der Waals surface area contributed by atoms with Crippen LogP contribution in [-0.2, 0) is 6.54 Å². The molecule has 0 unspecified atom stereocenters. The number of nitrogens with zero attached hydrogens (tertiary/aromatic N) is 3. The Balaban J connectivity index is 1.88. The zero-order valence-electron chi connectivity index (χ0n) is 15.5. The summed E-state index contributed by atoms with van der Waals surface area (Å²) in [6.45, 7) is 13.3. The van der Waals surface area contributed by atoms with E-state index in [1.165, 1.54) is 0 Å². The number of rotatable bonds is 4. The molecule has 3 heterocycles. The highest BCUT2D eigenvalue weighted by Crippen LogP contribution is 2.29. The Morgan fingerprint density at radius 1 is 1.24 bits per heavy atom. The van der Waals surface area contributed by atoms with Crippen LogP contribution in [0.25, 0.3) is 10.1 Å². The molecular weight excluding hydrogens is 334 g/mol. The number of pyridine rings is 1. The lowest BCUT2D eigenvalue weighted by molar-refractivity contribution is 0.0625. The summed E-state index contributed by atoms with van der Waals surface area (Å²) in [5, 5.41) is 0.599. The van der Waals surface area contributed by atoms with E-state index in [0.29, 0.717) is 23.4 Å². The summed E-state index contributed by atoms with van der Waals surface area (Å²) in [6.07, 6.45) is 1.82. The van der Waals surface area contributed by atoms with Crippen molar-refractivity contribution in [3.05, 3.63) is 33.1 Å². The largest absolute Gasteiger partial charge is 0.336 e. The van der Waals surface area contributed by atoms with E-state index in [0.717, 1.165) is 42.3 Å². The van der Waals surface area contributed by atoms with Gasteiger partial charge in [0.15, 0.2) is 0 Å². The maximum absolute atomic E-state index is 13.1. The number of fused-ring (bicyclic) bond motifs is 1. The van der Waals surface area contributed by atoms with Crippen LogP contribution in [0.5, 0.6) is 0 Å². The van der Waals surface area contributed by atoms with Gasteiger partial charge in [-0.2, -0.15) is 0 Å². The summed E-state index contributed by atoms with van der Waals surface area (Å²) < 4.78 is 2.58. The molecule has 2 aromatic rings. The van der Waals surface area contributed by atoms with Crippen LogP contribution in [0.3, 0.4) is 0 Å². The highest BCUT2D eigenvalue weighted by Gasteiger charge is 2.27. The molecule has 0 spiro atoms. The highest BCUT2D eigenvalue weighted by molar-refractivity contribution is 7.19. The summed E-state index contributed by atoms with van der Waals surface area (Å²) >= 11 is 1.54. The van der Waals surface area contributed by atoms with E-state index in [4.69, 9.17) is 0 Å². The van der Waals surface area contributed by atoms with Gasteiger partial charge in [-0.25, -0.2) is 0 Å². The first-order chi connectivity index (χ1) is 11.9. The molecule has 0 radical (unpaired) electrons. The molecule has 136 valence electrons. The fourth-order valence-corrected chi connectivity index (χ4v) is 4.62. The Bertz CT molecular complexity index is 829. The van der Waals surface area contributed by atoms with Crippen molar-refractivity contribution in [1.29, 1.82) is 0 Å². The van der Waals surface area contributed by atoms with Crippen LogP contribution in [0, 0.1) is 12.8 Å². The van der Waals surface area contributed by atoms with Gasteiger partial charge in [0.1, 0.15) is 0 Å². The third-order valence-electron chi connectivity index (χ3n) is 4.83. The predicted molar refractivity (Wildman–Crippen MR) is 104 cm³/mol. The minimum atomic E-state index is -0.0499. The molecule has 5 nitrogen and oxygen atoms in total. The van der Waals surface area contributed by atoms with E-state index in [9.17, 15) is 9.59 Å². The van der Waals surface area contributed by atoms with Crippen LogP contribution < -0.4 is 5.56 Å². The number of aryl methyl sites for hydroxylation is 2. The van der Waals surface area contributed by atoms with Crippen LogP contribution in [-0.4, -0.2) is 53.0 Å². The lowest BCUT2D eigenvalue weighted by Crippen LogP contribution is -2.49. The standard InChI is InChI=1S/C19H27N3O2S/c1-5-21-7-6-15-17(19(21)24)16(14(4)25-15)18(23)22-10-8-20(9-11-22)12-13(2)3/h6-7,13H,5,8-12H2,1-4H3. The highest BCUT2D eigenvalue weighted by atomic mass is 32.1. The molecule has 1 aliphatic heterocycles. The Kier molecular flexibility index (Phi) is 5.29. The van der Waals surface area contributed by atoms with E-state index in [1.54, 1.807) is 15.9 Å². The van der Waals surface area contributed by atoms with E-state index in [1.807, 2.05) is 31.0 Å². The maximum Gasteiger partial charge on any atom is 0.260 e. The van der Waals surface area contributed by atoms with Crippen molar-refractivity contribution in [3.63, 3.8) is 0 Å². The molecule has 0 saturated carbocycles. The minimum absolute atomic E-state index is 0.0129. The van der Waals surface area contributed by atoms with Crippen molar-refractivity contribution in [3.8, 4) is 0 Å². The molecular formula is C19H27N3O2S. The number of amides is 1. The summed E-state index contributed by atoms with van der Waals surface area (Å²) in [5.41, 5.74) is 0.566. The molecule has 3 rings (SSSR count). The van der Waals surface area contributed by atoms with Gasteiger partial charge in [-0.05, 0) is 25.8 Å². The van der Waals surface area contributed by atoms with E-state index in [2.05, 4.69) is 18.7 Å². The van der Waals surface area contributed by atoms with E-state index < -0.39 is 0 Å². The molecule has 6 heteroatoms. The van der Waals surface area contributed by atoms with E-state index >= 15 is 0 Å². The second kappa shape index (κ2) is 7.30. The third kappa shape index (κ3) is 3.51. The molecule has 1 amide bonds. The Hall–Kier alpha value is -1.66. The van der Waals surface area contributed by atoms with Gasteiger partial charge in [-0.1, -0.05) is 13.8 Å². The molecule has 0 aliphatic carbocycles. The third-order valence-corrected chi connectivity index (χ3v) is 5.90. The van der Waals surface area contributed by atoms with Crippen molar-refractivity contribution in [2.75, 3.05) is 32.7 Å². The number of hydrogen-bond donors (Lipinski definition) is 0. The lowest BCUT2D eigenvalue weighted by atomic mass is 10.1. The molecule has 1 fully saturated rings. The van der Waals surface area contributed by atoms with Gasteiger partial charge in [0.05, 0.1) is 10.9 Å². The van der Waals surface area contributed by atoms with Crippen molar-refractivity contribution in [1.82, 2.24) is 14.4 Å². The second-order valence-corrected chi connectivity index (χ2v) is 8.42. The lowest BCUT2D eigenvalue weighted by Gasteiger charge is -2.35. The van der Waals surface area contributed by atoms with Crippen LogP contribution in [0.15, 0.2) is 17.1 Å². The minimum Gasteiger partial charge on any atom is -0.336 e.